The number of sulfone groups is 1. The molecule has 1 fully saturated rings. The molecule has 0 unspecified atom stereocenters. The van der Waals surface area contributed by atoms with E-state index >= 15 is 0 Å². The molecule has 154 valence electrons. The predicted molar refractivity (Wildman–Crippen MR) is 106 cm³/mol. The molecule has 0 radical (unpaired) electrons. The molecule has 0 saturated heterocycles. The van der Waals surface area contributed by atoms with Crippen LogP contribution in [0.2, 0.25) is 5.02 Å². The zero-order chi connectivity index (χ0) is 20.5. The topological polar surface area (TPSA) is 102 Å². The SMILES string of the molecule is C[C@H]1[C@H](C)CCC[C@H]1NC(=O)CCS(=O)(=O)c1cc2c(cc1Cl)NC(=O)CO2. The van der Waals surface area contributed by atoms with Gasteiger partial charge in [-0.2, -0.15) is 0 Å². The molecule has 3 atom stereocenters. The molecule has 1 aromatic rings. The van der Waals surface area contributed by atoms with E-state index in [1.807, 2.05) is 0 Å². The maximum Gasteiger partial charge on any atom is 0.262 e. The molecule has 0 spiro atoms. The average Bonchev–Trinajstić information content (AvgIpc) is 2.63. The van der Waals surface area contributed by atoms with Crippen molar-refractivity contribution in [3.8, 4) is 5.75 Å². The molecule has 1 aliphatic heterocycles. The van der Waals surface area contributed by atoms with Gasteiger partial charge in [0.1, 0.15) is 5.75 Å². The molecular formula is C19H25ClN2O5S. The van der Waals surface area contributed by atoms with Crippen LogP contribution in [0.5, 0.6) is 5.75 Å². The molecule has 28 heavy (non-hydrogen) atoms. The second kappa shape index (κ2) is 8.29. The van der Waals surface area contributed by atoms with Crippen molar-refractivity contribution < 1.29 is 22.7 Å². The van der Waals surface area contributed by atoms with Crippen LogP contribution in [0.4, 0.5) is 5.69 Å². The molecule has 2 amide bonds. The first-order valence-electron chi connectivity index (χ1n) is 9.45. The zero-order valence-electron chi connectivity index (χ0n) is 16.0. The molecule has 1 heterocycles. The number of amides is 2. The van der Waals surface area contributed by atoms with Crippen molar-refractivity contribution in [3.63, 3.8) is 0 Å². The number of carbonyl (C=O) groups excluding carboxylic acids is 2. The van der Waals surface area contributed by atoms with Gasteiger partial charge in [0.05, 0.1) is 21.4 Å². The van der Waals surface area contributed by atoms with E-state index in [0.29, 0.717) is 17.5 Å². The average molecular weight is 429 g/mol. The minimum atomic E-state index is -3.78. The van der Waals surface area contributed by atoms with Crippen LogP contribution < -0.4 is 15.4 Å². The number of hydrogen-bond acceptors (Lipinski definition) is 5. The normalized spacial score (nSPS) is 24.7. The van der Waals surface area contributed by atoms with Crippen LogP contribution in [0.3, 0.4) is 0 Å². The van der Waals surface area contributed by atoms with E-state index in [1.165, 1.54) is 12.1 Å². The quantitative estimate of drug-likeness (QED) is 0.750. The van der Waals surface area contributed by atoms with Crippen molar-refractivity contribution in [2.75, 3.05) is 17.7 Å². The molecule has 1 aliphatic carbocycles. The first kappa shape index (κ1) is 20.9. The van der Waals surface area contributed by atoms with Crippen LogP contribution in [0.1, 0.15) is 39.5 Å². The van der Waals surface area contributed by atoms with Gasteiger partial charge in [-0.25, -0.2) is 8.42 Å². The van der Waals surface area contributed by atoms with Crippen molar-refractivity contribution in [2.24, 2.45) is 11.8 Å². The first-order chi connectivity index (χ1) is 13.2. The van der Waals surface area contributed by atoms with Gasteiger partial charge in [-0.1, -0.05) is 38.3 Å². The van der Waals surface area contributed by atoms with Gasteiger partial charge in [0.2, 0.25) is 5.91 Å². The zero-order valence-corrected chi connectivity index (χ0v) is 17.5. The van der Waals surface area contributed by atoms with Crippen LogP contribution in [0.25, 0.3) is 0 Å². The van der Waals surface area contributed by atoms with E-state index in [-0.39, 0.29) is 52.3 Å². The number of anilines is 1. The van der Waals surface area contributed by atoms with Crippen LogP contribution in [-0.2, 0) is 19.4 Å². The van der Waals surface area contributed by atoms with E-state index in [1.54, 1.807) is 0 Å². The Morgan fingerprint density at radius 1 is 1.32 bits per heavy atom. The molecule has 1 saturated carbocycles. The highest BCUT2D eigenvalue weighted by molar-refractivity contribution is 7.91. The lowest BCUT2D eigenvalue weighted by Gasteiger charge is -2.34. The Labute approximate surface area is 170 Å². The number of halogens is 1. The second-order valence-corrected chi connectivity index (χ2v) is 10.1. The summed E-state index contributed by atoms with van der Waals surface area (Å²) in [6, 6.07) is 2.74. The Hall–Kier alpha value is -1.80. The van der Waals surface area contributed by atoms with Gasteiger partial charge in [-0.05, 0) is 24.3 Å². The lowest BCUT2D eigenvalue weighted by Crippen LogP contribution is -2.44. The second-order valence-electron chi connectivity index (χ2n) is 7.63. The molecule has 1 aromatic carbocycles. The Kier molecular flexibility index (Phi) is 6.19. The van der Waals surface area contributed by atoms with Crippen molar-refractivity contribution in [1.29, 1.82) is 0 Å². The molecule has 2 aliphatic rings. The smallest absolute Gasteiger partial charge is 0.262 e. The number of hydrogen-bond donors (Lipinski definition) is 2. The summed E-state index contributed by atoms with van der Waals surface area (Å²) < 4.78 is 30.7. The lowest BCUT2D eigenvalue weighted by molar-refractivity contribution is -0.122. The number of ether oxygens (including phenoxy) is 1. The van der Waals surface area contributed by atoms with E-state index in [2.05, 4.69) is 24.5 Å². The number of fused-ring (bicyclic) bond motifs is 1. The van der Waals surface area contributed by atoms with E-state index in [4.69, 9.17) is 16.3 Å². The standard InChI is InChI=1S/C19H25ClN2O5S/c1-11-4-3-5-14(12(11)2)21-18(23)6-7-28(25,26)17-9-16-15(8-13(17)20)22-19(24)10-27-16/h8-9,11-12,14H,3-7,10H2,1-2H3,(H,21,23)(H,22,24)/t11-,12+,14-/m1/s1. The van der Waals surface area contributed by atoms with Gasteiger partial charge < -0.3 is 15.4 Å². The minimum absolute atomic E-state index is 0.0142. The highest BCUT2D eigenvalue weighted by atomic mass is 35.5. The van der Waals surface area contributed by atoms with Crippen molar-refractivity contribution in [1.82, 2.24) is 5.32 Å². The van der Waals surface area contributed by atoms with E-state index < -0.39 is 9.84 Å². The number of benzene rings is 1. The largest absolute Gasteiger partial charge is 0.482 e. The summed E-state index contributed by atoms with van der Waals surface area (Å²) in [4.78, 5) is 23.6. The Balaban J connectivity index is 1.65. The third kappa shape index (κ3) is 4.60. The van der Waals surface area contributed by atoms with Gasteiger partial charge in [0, 0.05) is 18.5 Å². The molecule has 9 heteroatoms. The number of nitrogens with one attached hydrogen (secondary N) is 2. The molecule has 7 nitrogen and oxygen atoms in total. The number of rotatable bonds is 5. The molecule has 2 N–H and O–H groups in total. The fraction of sp³-hybridized carbons (Fsp3) is 0.579. The summed E-state index contributed by atoms with van der Waals surface area (Å²) in [5.41, 5.74) is 0.332. The van der Waals surface area contributed by atoms with Gasteiger partial charge in [0.25, 0.3) is 5.91 Å². The first-order valence-corrected chi connectivity index (χ1v) is 11.5. The van der Waals surface area contributed by atoms with Crippen LogP contribution in [0.15, 0.2) is 17.0 Å². The summed E-state index contributed by atoms with van der Waals surface area (Å²) in [5.74, 6) is 0.209. The van der Waals surface area contributed by atoms with Gasteiger partial charge >= 0.3 is 0 Å². The van der Waals surface area contributed by atoms with Gasteiger partial charge in [0.15, 0.2) is 16.4 Å². The molecule has 0 aromatic heterocycles. The summed E-state index contributed by atoms with van der Waals surface area (Å²) in [5, 5.41) is 5.55. The predicted octanol–water partition coefficient (Wildman–Crippen LogP) is 2.78. The van der Waals surface area contributed by atoms with Gasteiger partial charge in [-0.3, -0.25) is 9.59 Å². The summed E-state index contributed by atoms with van der Waals surface area (Å²) >= 11 is 6.11. The third-order valence-electron chi connectivity index (χ3n) is 5.65. The minimum Gasteiger partial charge on any atom is -0.482 e. The monoisotopic (exact) mass is 428 g/mol. The van der Waals surface area contributed by atoms with Crippen LogP contribution in [0, 0.1) is 11.8 Å². The van der Waals surface area contributed by atoms with E-state index in [0.717, 1.165) is 19.3 Å². The van der Waals surface area contributed by atoms with Crippen LogP contribution >= 0.6 is 11.6 Å². The maximum absolute atomic E-state index is 12.7. The van der Waals surface area contributed by atoms with Gasteiger partial charge in [-0.15, -0.1) is 0 Å². The maximum atomic E-state index is 12.7. The van der Waals surface area contributed by atoms with Crippen molar-refractivity contribution >= 4 is 38.9 Å². The molecular weight excluding hydrogens is 404 g/mol. The van der Waals surface area contributed by atoms with Crippen LogP contribution in [-0.4, -0.2) is 38.6 Å². The lowest BCUT2D eigenvalue weighted by atomic mass is 9.78. The number of carbonyl (C=O) groups is 2. The Morgan fingerprint density at radius 3 is 2.82 bits per heavy atom. The fourth-order valence-corrected chi connectivity index (χ4v) is 5.55. The van der Waals surface area contributed by atoms with Crippen molar-refractivity contribution in [2.45, 2.75) is 50.5 Å². The molecule has 0 bridgehead atoms. The fourth-order valence-electron chi connectivity index (χ4n) is 3.72. The highest BCUT2D eigenvalue weighted by Gasteiger charge is 2.29. The molecule has 3 rings (SSSR count). The Bertz CT molecular complexity index is 887. The third-order valence-corrected chi connectivity index (χ3v) is 7.83. The summed E-state index contributed by atoms with van der Waals surface area (Å²) in [6.07, 6.45) is 3.01. The Morgan fingerprint density at radius 2 is 2.07 bits per heavy atom. The van der Waals surface area contributed by atoms with Crippen molar-refractivity contribution in [3.05, 3.63) is 17.2 Å². The summed E-state index contributed by atoms with van der Waals surface area (Å²) in [7, 11) is -3.78. The van der Waals surface area contributed by atoms with E-state index in [9.17, 15) is 18.0 Å². The highest BCUT2D eigenvalue weighted by Crippen LogP contribution is 2.36. The summed E-state index contributed by atoms with van der Waals surface area (Å²) in [6.45, 7) is 4.11.